The zero-order valence-corrected chi connectivity index (χ0v) is 12.3. The minimum Gasteiger partial charge on any atom is -0.506 e. The maximum atomic E-state index is 11.9. The molecule has 0 radical (unpaired) electrons. The summed E-state index contributed by atoms with van der Waals surface area (Å²) in [6, 6.07) is 4.66. The van der Waals surface area contributed by atoms with E-state index in [2.05, 4.69) is 26.1 Å². The number of rotatable bonds is 3. The molecule has 1 amide bonds. The molecular weight excluding hydrogens is 240 g/mol. The van der Waals surface area contributed by atoms with Crippen LogP contribution in [0.15, 0.2) is 18.2 Å². The van der Waals surface area contributed by atoms with Crippen LogP contribution in [0.1, 0.15) is 40.2 Å². The molecule has 0 fully saturated rings. The molecule has 4 nitrogen and oxygen atoms in total. The smallest absolute Gasteiger partial charge is 0.241 e. The highest BCUT2D eigenvalue weighted by Gasteiger charge is 2.20. The summed E-state index contributed by atoms with van der Waals surface area (Å²) in [5.74, 6) is -0.179. The van der Waals surface area contributed by atoms with Crippen LogP contribution < -0.4 is 11.1 Å². The van der Waals surface area contributed by atoms with Gasteiger partial charge in [-0.25, -0.2) is 0 Å². The highest BCUT2D eigenvalue weighted by molar-refractivity contribution is 5.96. The molecular formula is C15H24N2O2. The lowest BCUT2D eigenvalue weighted by Crippen LogP contribution is -2.39. The van der Waals surface area contributed by atoms with Crippen LogP contribution in [-0.4, -0.2) is 17.1 Å². The van der Waals surface area contributed by atoms with E-state index in [1.54, 1.807) is 12.1 Å². The number of carbonyl (C=O) groups excluding carboxylic acids is 1. The quantitative estimate of drug-likeness (QED) is 0.735. The van der Waals surface area contributed by atoms with Gasteiger partial charge in [-0.15, -0.1) is 0 Å². The van der Waals surface area contributed by atoms with Crippen LogP contribution in [0, 0.1) is 5.92 Å². The van der Waals surface area contributed by atoms with Gasteiger partial charge in [-0.1, -0.05) is 40.7 Å². The van der Waals surface area contributed by atoms with E-state index in [0.29, 0.717) is 5.69 Å². The maximum absolute atomic E-state index is 11.9. The molecule has 0 saturated carbocycles. The highest BCUT2D eigenvalue weighted by Crippen LogP contribution is 2.30. The Balaban J connectivity index is 2.98. The number of phenols is 1. The molecule has 4 heteroatoms. The van der Waals surface area contributed by atoms with Crippen LogP contribution in [-0.2, 0) is 10.2 Å². The fourth-order valence-electron chi connectivity index (χ4n) is 1.62. The van der Waals surface area contributed by atoms with Gasteiger partial charge >= 0.3 is 0 Å². The molecule has 1 aromatic carbocycles. The van der Waals surface area contributed by atoms with Gasteiger partial charge in [-0.05, 0) is 29.0 Å². The van der Waals surface area contributed by atoms with Crippen molar-refractivity contribution in [3.63, 3.8) is 0 Å². The van der Waals surface area contributed by atoms with Crippen molar-refractivity contribution in [2.75, 3.05) is 5.32 Å². The number of nitrogens with one attached hydrogen (secondary N) is 1. The Kier molecular flexibility index (Phi) is 4.58. The lowest BCUT2D eigenvalue weighted by atomic mass is 9.87. The van der Waals surface area contributed by atoms with Gasteiger partial charge in [0.05, 0.1) is 11.7 Å². The summed E-state index contributed by atoms with van der Waals surface area (Å²) >= 11 is 0. The number of benzene rings is 1. The molecule has 19 heavy (non-hydrogen) atoms. The van der Waals surface area contributed by atoms with Crippen LogP contribution in [0.25, 0.3) is 0 Å². The lowest BCUT2D eigenvalue weighted by molar-refractivity contribution is -0.118. The molecule has 1 atom stereocenters. The molecule has 1 unspecified atom stereocenters. The van der Waals surface area contributed by atoms with E-state index < -0.39 is 6.04 Å². The van der Waals surface area contributed by atoms with Gasteiger partial charge in [0.2, 0.25) is 5.91 Å². The molecule has 0 spiro atoms. The molecule has 0 saturated heterocycles. The van der Waals surface area contributed by atoms with Crippen LogP contribution in [0.4, 0.5) is 5.69 Å². The third-order valence-electron chi connectivity index (χ3n) is 3.14. The van der Waals surface area contributed by atoms with Crippen molar-refractivity contribution in [2.24, 2.45) is 11.7 Å². The van der Waals surface area contributed by atoms with E-state index in [9.17, 15) is 9.90 Å². The summed E-state index contributed by atoms with van der Waals surface area (Å²) in [6.07, 6.45) is 0. The topological polar surface area (TPSA) is 75.4 Å². The number of carbonyl (C=O) groups is 1. The zero-order valence-electron chi connectivity index (χ0n) is 12.3. The first kappa shape index (κ1) is 15.5. The molecule has 0 aromatic heterocycles. The van der Waals surface area contributed by atoms with Crippen LogP contribution in [0.2, 0.25) is 0 Å². The van der Waals surface area contributed by atoms with Gasteiger partial charge in [0.1, 0.15) is 5.75 Å². The largest absolute Gasteiger partial charge is 0.506 e. The first-order valence-electron chi connectivity index (χ1n) is 6.53. The number of anilines is 1. The average molecular weight is 264 g/mol. The summed E-state index contributed by atoms with van der Waals surface area (Å²) < 4.78 is 0. The molecule has 0 heterocycles. The van der Waals surface area contributed by atoms with Crippen LogP contribution >= 0.6 is 0 Å². The Morgan fingerprint density at radius 1 is 1.32 bits per heavy atom. The Morgan fingerprint density at radius 2 is 1.89 bits per heavy atom. The van der Waals surface area contributed by atoms with Gasteiger partial charge in [0.15, 0.2) is 0 Å². The molecule has 0 aliphatic carbocycles. The fourth-order valence-corrected chi connectivity index (χ4v) is 1.62. The van der Waals surface area contributed by atoms with Crippen molar-refractivity contribution in [1.29, 1.82) is 0 Å². The Labute approximate surface area is 115 Å². The predicted octanol–water partition coefficient (Wildman–Crippen LogP) is 2.61. The van der Waals surface area contributed by atoms with E-state index in [1.807, 2.05) is 19.9 Å². The normalized spacial score (nSPS) is 13.4. The summed E-state index contributed by atoms with van der Waals surface area (Å²) in [5, 5.41) is 12.5. The van der Waals surface area contributed by atoms with Crippen molar-refractivity contribution >= 4 is 11.6 Å². The minimum atomic E-state index is -0.585. The Bertz CT molecular complexity index is 462. The monoisotopic (exact) mass is 264 g/mol. The predicted molar refractivity (Wildman–Crippen MR) is 78.2 cm³/mol. The number of phenolic OH excluding ortho intramolecular Hbond substituents is 1. The van der Waals surface area contributed by atoms with Crippen molar-refractivity contribution < 1.29 is 9.90 Å². The van der Waals surface area contributed by atoms with Crippen LogP contribution in [0.3, 0.4) is 0 Å². The maximum Gasteiger partial charge on any atom is 0.241 e. The van der Waals surface area contributed by atoms with E-state index in [-0.39, 0.29) is 23.0 Å². The molecule has 1 rings (SSSR count). The lowest BCUT2D eigenvalue weighted by Gasteiger charge is -2.21. The average Bonchev–Trinajstić information content (AvgIpc) is 2.29. The van der Waals surface area contributed by atoms with E-state index in [0.717, 1.165) is 5.56 Å². The summed E-state index contributed by atoms with van der Waals surface area (Å²) in [7, 11) is 0. The number of aromatic hydroxyl groups is 1. The summed E-state index contributed by atoms with van der Waals surface area (Å²) in [4.78, 5) is 11.9. The second kappa shape index (κ2) is 5.61. The summed E-state index contributed by atoms with van der Waals surface area (Å²) in [6.45, 7) is 9.99. The molecule has 0 aliphatic rings. The van der Waals surface area contributed by atoms with Gasteiger partial charge < -0.3 is 16.2 Å². The Hall–Kier alpha value is -1.55. The van der Waals surface area contributed by atoms with Crippen molar-refractivity contribution in [3.8, 4) is 5.75 Å². The van der Waals surface area contributed by atoms with Crippen molar-refractivity contribution in [1.82, 2.24) is 0 Å². The fraction of sp³-hybridized carbons (Fsp3) is 0.533. The van der Waals surface area contributed by atoms with Gasteiger partial charge in [0, 0.05) is 0 Å². The van der Waals surface area contributed by atoms with Gasteiger partial charge in [0.25, 0.3) is 0 Å². The number of amides is 1. The second-order valence-corrected chi connectivity index (χ2v) is 6.24. The standard InChI is InChI=1S/C15H24N2O2/c1-9(2)13(16)14(19)17-11-8-10(15(3,4)5)6-7-12(11)18/h6-9,13,18H,16H2,1-5H3,(H,17,19). The number of hydrogen-bond acceptors (Lipinski definition) is 3. The third-order valence-corrected chi connectivity index (χ3v) is 3.14. The van der Waals surface area contributed by atoms with Crippen LogP contribution in [0.5, 0.6) is 5.75 Å². The van der Waals surface area contributed by atoms with E-state index in [4.69, 9.17) is 5.73 Å². The zero-order chi connectivity index (χ0) is 14.8. The molecule has 0 bridgehead atoms. The molecule has 1 aromatic rings. The Morgan fingerprint density at radius 3 is 2.37 bits per heavy atom. The number of hydrogen-bond donors (Lipinski definition) is 3. The molecule has 4 N–H and O–H groups in total. The minimum absolute atomic E-state index is 0.0483. The highest BCUT2D eigenvalue weighted by atomic mass is 16.3. The SMILES string of the molecule is CC(C)C(N)C(=O)Nc1cc(C(C)(C)C)ccc1O. The molecule has 0 aliphatic heterocycles. The summed E-state index contributed by atoms with van der Waals surface area (Å²) in [5.41, 5.74) is 7.19. The second-order valence-electron chi connectivity index (χ2n) is 6.24. The van der Waals surface area contributed by atoms with E-state index in [1.165, 1.54) is 0 Å². The van der Waals surface area contributed by atoms with Gasteiger partial charge in [-0.3, -0.25) is 4.79 Å². The first-order chi connectivity index (χ1) is 8.62. The van der Waals surface area contributed by atoms with E-state index >= 15 is 0 Å². The van der Waals surface area contributed by atoms with Crippen molar-refractivity contribution in [3.05, 3.63) is 23.8 Å². The van der Waals surface area contributed by atoms with Crippen molar-refractivity contribution in [2.45, 2.75) is 46.1 Å². The molecule has 106 valence electrons. The number of nitrogens with two attached hydrogens (primary N) is 1. The first-order valence-corrected chi connectivity index (χ1v) is 6.53. The third kappa shape index (κ3) is 3.96. The van der Waals surface area contributed by atoms with Gasteiger partial charge in [-0.2, -0.15) is 0 Å².